The Hall–Kier alpha value is -2.22. The van der Waals surface area contributed by atoms with Crippen LogP contribution in [0.3, 0.4) is 0 Å². The number of carboxylic acids is 1. The number of nitrogens with two attached hydrogens (primary N) is 3. The van der Waals surface area contributed by atoms with E-state index in [1.807, 2.05) is 0 Å². The molecule has 0 aliphatic rings. The molecule has 184 valence electrons. The molecule has 1 amide bonds. The summed E-state index contributed by atoms with van der Waals surface area (Å²) in [6.07, 6.45) is 1.63. The maximum Gasteiger partial charge on any atom is 0.325 e. The van der Waals surface area contributed by atoms with Gasteiger partial charge in [-0.15, -0.1) is 0 Å². The van der Waals surface area contributed by atoms with Crippen LogP contribution in [0.5, 0.6) is 0 Å². The molecule has 0 rings (SSSR count). The van der Waals surface area contributed by atoms with Crippen LogP contribution in [-0.2, 0) is 33.4 Å². The van der Waals surface area contributed by atoms with Crippen molar-refractivity contribution < 1.29 is 38.6 Å². The predicted octanol–water partition coefficient (Wildman–Crippen LogP) is -1.66. The van der Waals surface area contributed by atoms with E-state index in [1.165, 1.54) is 0 Å². The number of aliphatic carboxylic acids is 1. The molecule has 32 heavy (non-hydrogen) atoms. The van der Waals surface area contributed by atoms with Crippen molar-refractivity contribution in [2.75, 3.05) is 32.1 Å². The maximum atomic E-state index is 12.1. The van der Waals surface area contributed by atoms with Crippen molar-refractivity contribution in [3.8, 4) is 0 Å². The number of thiol groups is 1. The molecular weight excluding hydrogens is 444 g/mol. The smallest absolute Gasteiger partial charge is 0.325 e. The molecule has 0 fully saturated rings. The summed E-state index contributed by atoms with van der Waals surface area (Å²) >= 11 is 4.03. The van der Waals surface area contributed by atoms with Crippen molar-refractivity contribution in [3.05, 3.63) is 0 Å². The summed E-state index contributed by atoms with van der Waals surface area (Å²) in [7, 11) is 0. The molecule has 0 saturated carbocycles. The number of esters is 2. The van der Waals surface area contributed by atoms with Crippen LogP contribution in [0.1, 0.15) is 38.5 Å². The second kappa shape index (κ2) is 17.3. The normalized spacial score (nSPS) is 13.5. The molecule has 0 aliphatic carbocycles. The van der Waals surface area contributed by atoms with E-state index in [1.54, 1.807) is 0 Å². The molecule has 0 bridgehead atoms. The van der Waals surface area contributed by atoms with Gasteiger partial charge in [-0.3, -0.25) is 24.0 Å². The number of hydrogen-bond donors (Lipinski definition) is 6. The first-order valence-corrected chi connectivity index (χ1v) is 10.9. The van der Waals surface area contributed by atoms with Crippen molar-refractivity contribution in [2.24, 2.45) is 23.1 Å². The Morgan fingerprint density at radius 1 is 0.969 bits per heavy atom. The number of carboxylic acid groups (broad SMARTS) is 1. The van der Waals surface area contributed by atoms with Gasteiger partial charge in [-0.1, -0.05) is 6.42 Å². The number of nitrogens with one attached hydrogen (secondary N) is 1. The van der Waals surface area contributed by atoms with E-state index in [0.29, 0.717) is 19.4 Å². The van der Waals surface area contributed by atoms with Crippen LogP contribution in [0, 0.1) is 5.92 Å². The Kier molecular flexibility index (Phi) is 16.1. The lowest BCUT2D eigenvalue weighted by atomic mass is 9.99. The largest absolute Gasteiger partial charge is 0.480 e. The van der Waals surface area contributed by atoms with E-state index in [2.05, 4.69) is 17.9 Å². The van der Waals surface area contributed by atoms with Gasteiger partial charge < -0.3 is 37.1 Å². The van der Waals surface area contributed by atoms with Gasteiger partial charge in [0.1, 0.15) is 37.6 Å². The minimum atomic E-state index is -1.21. The van der Waals surface area contributed by atoms with Gasteiger partial charge >= 0.3 is 17.9 Å². The lowest BCUT2D eigenvalue weighted by Crippen LogP contribution is -2.37. The maximum absolute atomic E-state index is 12.1. The Morgan fingerprint density at radius 2 is 1.62 bits per heavy atom. The molecule has 0 heterocycles. The number of hydrogen-bond acceptors (Lipinski definition) is 11. The van der Waals surface area contributed by atoms with Crippen molar-refractivity contribution in [1.82, 2.24) is 5.32 Å². The summed E-state index contributed by atoms with van der Waals surface area (Å²) in [5.74, 6) is -4.19. The summed E-state index contributed by atoms with van der Waals surface area (Å²) in [6, 6.07) is -1.92. The Bertz CT molecular complexity index is 634. The highest BCUT2D eigenvalue weighted by molar-refractivity contribution is 7.80. The standard InChI is InChI=1S/C19H34N4O8S/c20-6-2-1-3-15(22)19(29)31-8-7-30-16(25)10-23-17(26)12(11-32)9-13(24)4-5-14(21)18(27)28/h12,14-15,32H,1-11,20-22H2,(H,23,26)(H,27,28)/t12-,14-,15-/m0/s1. The number of ketones is 1. The Labute approximate surface area is 192 Å². The van der Waals surface area contributed by atoms with Crippen LogP contribution in [0.25, 0.3) is 0 Å². The number of carbonyl (C=O) groups is 5. The van der Waals surface area contributed by atoms with Crippen LogP contribution in [0.4, 0.5) is 0 Å². The van der Waals surface area contributed by atoms with Gasteiger partial charge in [0, 0.05) is 18.6 Å². The highest BCUT2D eigenvalue weighted by Crippen LogP contribution is 2.10. The Morgan fingerprint density at radius 3 is 2.22 bits per heavy atom. The monoisotopic (exact) mass is 478 g/mol. The van der Waals surface area contributed by atoms with Crippen molar-refractivity contribution in [1.29, 1.82) is 0 Å². The average Bonchev–Trinajstić information content (AvgIpc) is 2.76. The zero-order chi connectivity index (χ0) is 24.5. The number of ether oxygens (including phenoxy) is 2. The molecule has 0 radical (unpaired) electrons. The molecule has 0 aliphatic heterocycles. The number of amides is 1. The SMILES string of the molecule is NCCCC[C@H](N)C(=O)OCCOC(=O)CNC(=O)[C@H](CS)CC(=O)CC[C@H](N)C(=O)O. The minimum Gasteiger partial charge on any atom is -0.480 e. The van der Waals surface area contributed by atoms with Gasteiger partial charge in [-0.25, -0.2) is 0 Å². The van der Waals surface area contributed by atoms with E-state index in [-0.39, 0.29) is 44.0 Å². The third-order valence-electron chi connectivity index (χ3n) is 4.39. The van der Waals surface area contributed by atoms with E-state index >= 15 is 0 Å². The number of Topliss-reactive ketones (excluding diaryl/α,β-unsaturated/α-hetero) is 1. The quantitative estimate of drug-likeness (QED) is 0.0744. The van der Waals surface area contributed by atoms with Crippen LogP contribution in [-0.4, -0.2) is 78.8 Å². The molecule has 8 N–H and O–H groups in total. The highest BCUT2D eigenvalue weighted by atomic mass is 32.1. The van der Waals surface area contributed by atoms with E-state index in [0.717, 1.165) is 6.42 Å². The highest BCUT2D eigenvalue weighted by Gasteiger charge is 2.22. The van der Waals surface area contributed by atoms with E-state index < -0.39 is 48.4 Å². The molecule has 0 aromatic rings. The molecule has 0 spiro atoms. The van der Waals surface area contributed by atoms with Crippen molar-refractivity contribution in [2.45, 2.75) is 50.6 Å². The molecule has 0 aromatic carbocycles. The predicted molar refractivity (Wildman–Crippen MR) is 118 cm³/mol. The summed E-state index contributed by atoms with van der Waals surface area (Å²) in [5.41, 5.74) is 16.4. The van der Waals surface area contributed by atoms with Crippen molar-refractivity contribution in [3.63, 3.8) is 0 Å². The third kappa shape index (κ3) is 14.0. The fourth-order valence-electron chi connectivity index (χ4n) is 2.44. The summed E-state index contributed by atoms with van der Waals surface area (Å²) in [4.78, 5) is 58.1. The first kappa shape index (κ1) is 29.8. The fourth-order valence-corrected chi connectivity index (χ4v) is 2.74. The van der Waals surface area contributed by atoms with Gasteiger partial charge in [0.2, 0.25) is 5.91 Å². The van der Waals surface area contributed by atoms with Gasteiger partial charge in [0.15, 0.2) is 0 Å². The van der Waals surface area contributed by atoms with Crippen LogP contribution in [0.15, 0.2) is 0 Å². The summed E-state index contributed by atoms with van der Waals surface area (Å²) in [5, 5.41) is 11.1. The average molecular weight is 479 g/mol. The lowest BCUT2D eigenvalue weighted by Gasteiger charge is -2.14. The molecule has 0 aromatic heterocycles. The molecule has 0 saturated heterocycles. The molecular formula is C19H34N4O8S. The summed E-state index contributed by atoms with van der Waals surface area (Å²) < 4.78 is 9.77. The number of carbonyl (C=O) groups excluding carboxylic acids is 4. The van der Waals surface area contributed by atoms with Gasteiger partial charge in [-0.05, 0) is 25.8 Å². The summed E-state index contributed by atoms with van der Waals surface area (Å²) in [6.45, 7) is -0.293. The van der Waals surface area contributed by atoms with E-state index in [9.17, 15) is 24.0 Å². The molecule has 0 unspecified atom stereocenters. The number of unbranched alkanes of at least 4 members (excludes halogenated alkanes) is 1. The minimum absolute atomic E-state index is 0.0371. The lowest BCUT2D eigenvalue weighted by molar-refractivity contribution is -0.153. The van der Waals surface area contributed by atoms with Crippen molar-refractivity contribution >= 4 is 42.2 Å². The topological polar surface area (TPSA) is 214 Å². The second-order valence-corrected chi connectivity index (χ2v) is 7.47. The second-order valence-electron chi connectivity index (χ2n) is 7.10. The molecule has 13 heteroatoms. The molecule has 3 atom stereocenters. The first-order chi connectivity index (χ1) is 15.1. The number of rotatable bonds is 18. The molecule has 12 nitrogen and oxygen atoms in total. The van der Waals surface area contributed by atoms with E-state index in [4.69, 9.17) is 31.8 Å². The fraction of sp³-hybridized carbons (Fsp3) is 0.737. The van der Waals surface area contributed by atoms with Crippen LogP contribution >= 0.6 is 12.6 Å². The van der Waals surface area contributed by atoms with Crippen LogP contribution < -0.4 is 22.5 Å². The zero-order valence-corrected chi connectivity index (χ0v) is 18.9. The Balaban J connectivity index is 4.11. The van der Waals surface area contributed by atoms with Crippen LogP contribution in [0.2, 0.25) is 0 Å². The third-order valence-corrected chi connectivity index (χ3v) is 4.83. The van der Waals surface area contributed by atoms with Gasteiger partial charge in [0.05, 0.1) is 5.92 Å². The van der Waals surface area contributed by atoms with Gasteiger partial charge in [0.25, 0.3) is 0 Å². The first-order valence-electron chi connectivity index (χ1n) is 10.3. The zero-order valence-electron chi connectivity index (χ0n) is 18.0. The van der Waals surface area contributed by atoms with Gasteiger partial charge in [-0.2, -0.15) is 12.6 Å².